The van der Waals surface area contributed by atoms with Gasteiger partial charge in [0.25, 0.3) is 0 Å². The third-order valence-electron chi connectivity index (χ3n) is 6.09. The maximum absolute atomic E-state index is 13.9. The van der Waals surface area contributed by atoms with Crippen LogP contribution < -0.4 is 15.4 Å². The van der Waals surface area contributed by atoms with Crippen LogP contribution in [0.15, 0.2) is 66.7 Å². The fraction of sp³-hybridized carbons (Fsp3) is 0.280. The maximum Gasteiger partial charge on any atom is 0.143 e. The molecule has 0 aliphatic carbocycles. The summed E-state index contributed by atoms with van der Waals surface area (Å²) in [6.45, 7) is 3.39. The Balaban J connectivity index is 1.38. The third-order valence-corrected chi connectivity index (χ3v) is 6.09. The summed E-state index contributed by atoms with van der Waals surface area (Å²) in [6.07, 6.45) is 2.04. The van der Waals surface area contributed by atoms with E-state index in [-0.39, 0.29) is 5.82 Å². The molecule has 3 aromatic carbocycles. The Hall–Kier alpha value is -3.05. The SMILES string of the molecule is Nc1cccc(CCN2CCC(N3c4ccc(F)cc4COc4ccccc43)C2)c1. The number of likely N-dealkylation sites (tertiary alicyclic amines) is 1. The Bertz CT molecular complexity index is 1050. The minimum absolute atomic E-state index is 0.224. The van der Waals surface area contributed by atoms with Crippen LogP contribution in [0.1, 0.15) is 17.5 Å². The minimum Gasteiger partial charge on any atom is -0.487 e. The summed E-state index contributed by atoms with van der Waals surface area (Å²) in [5, 5.41) is 0. The molecular formula is C25H26FN3O. The molecule has 2 aliphatic rings. The second kappa shape index (κ2) is 8.00. The Kier molecular flexibility index (Phi) is 5.05. The normalized spacial score (nSPS) is 18.4. The van der Waals surface area contributed by atoms with Crippen LogP contribution >= 0.6 is 0 Å². The minimum atomic E-state index is -0.224. The van der Waals surface area contributed by atoms with Crippen LogP contribution in [0.25, 0.3) is 0 Å². The molecule has 0 bridgehead atoms. The molecule has 1 fully saturated rings. The third kappa shape index (κ3) is 3.73. The smallest absolute Gasteiger partial charge is 0.143 e. The van der Waals surface area contributed by atoms with Crippen LogP contribution in [0, 0.1) is 5.82 Å². The van der Waals surface area contributed by atoms with Gasteiger partial charge >= 0.3 is 0 Å². The van der Waals surface area contributed by atoms with Gasteiger partial charge in [-0.2, -0.15) is 0 Å². The van der Waals surface area contributed by atoms with Gasteiger partial charge < -0.3 is 20.3 Å². The number of ether oxygens (including phenoxy) is 1. The zero-order valence-electron chi connectivity index (χ0n) is 16.9. The second-order valence-corrected chi connectivity index (χ2v) is 8.14. The summed E-state index contributed by atoms with van der Waals surface area (Å²) in [4.78, 5) is 4.86. The van der Waals surface area contributed by atoms with Gasteiger partial charge in [-0.05, 0) is 60.9 Å². The van der Waals surface area contributed by atoms with Crippen molar-refractivity contribution < 1.29 is 9.13 Å². The summed E-state index contributed by atoms with van der Waals surface area (Å²) in [7, 11) is 0. The summed E-state index contributed by atoms with van der Waals surface area (Å²) >= 11 is 0. The summed E-state index contributed by atoms with van der Waals surface area (Å²) in [6, 6.07) is 21.6. The quantitative estimate of drug-likeness (QED) is 0.638. The van der Waals surface area contributed by atoms with Crippen LogP contribution in [-0.2, 0) is 13.0 Å². The van der Waals surface area contributed by atoms with Gasteiger partial charge in [0.15, 0.2) is 0 Å². The molecule has 0 spiro atoms. The number of fused-ring (bicyclic) bond motifs is 2. The number of halogens is 1. The zero-order chi connectivity index (χ0) is 20.5. The van der Waals surface area contributed by atoms with Gasteiger partial charge in [-0.3, -0.25) is 0 Å². The van der Waals surface area contributed by atoms with E-state index in [1.54, 1.807) is 12.1 Å². The molecular weight excluding hydrogens is 377 g/mol. The van der Waals surface area contributed by atoms with E-state index in [4.69, 9.17) is 10.5 Å². The molecule has 1 saturated heterocycles. The van der Waals surface area contributed by atoms with E-state index in [2.05, 4.69) is 28.0 Å². The van der Waals surface area contributed by atoms with Gasteiger partial charge in [0.05, 0.1) is 5.69 Å². The van der Waals surface area contributed by atoms with E-state index in [0.29, 0.717) is 12.6 Å². The van der Waals surface area contributed by atoms with Crippen molar-refractivity contribution in [3.63, 3.8) is 0 Å². The van der Waals surface area contributed by atoms with Crippen LogP contribution in [0.4, 0.5) is 21.5 Å². The molecule has 2 N–H and O–H groups in total. The zero-order valence-corrected chi connectivity index (χ0v) is 16.9. The highest BCUT2D eigenvalue weighted by Gasteiger charge is 2.32. The number of nitrogens with two attached hydrogens (primary N) is 1. The topological polar surface area (TPSA) is 41.7 Å². The number of benzene rings is 3. The van der Waals surface area contributed by atoms with Crippen molar-refractivity contribution in [3.8, 4) is 5.75 Å². The van der Waals surface area contributed by atoms with Crippen molar-refractivity contribution in [2.45, 2.75) is 25.5 Å². The number of hydrogen-bond acceptors (Lipinski definition) is 4. The Morgan fingerprint density at radius 3 is 2.80 bits per heavy atom. The van der Waals surface area contributed by atoms with E-state index in [1.807, 2.05) is 36.4 Å². The van der Waals surface area contributed by atoms with Crippen molar-refractivity contribution in [3.05, 3.63) is 83.7 Å². The number of para-hydroxylation sites is 2. The Labute approximate surface area is 176 Å². The monoisotopic (exact) mass is 403 g/mol. The molecule has 1 atom stereocenters. The predicted molar refractivity (Wildman–Crippen MR) is 119 cm³/mol. The van der Waals surface area contributed by atoms with Crippen molar-refractivity contribution in [1.82, 2.24) is 4.90 Å². The van der Waals surface area contributed by atoms with Gasteiger partial charge in [-0.15, -0.1) is 0 Å². The molecule has 3 aromatic rings. The van der Waals surface area contributed by atoms with Crippen molar-refractivity contribution >= 4 is 17.1 Å². The largest absolute Gasteiger partial charge is 0.487 e. The van der Waals surface area contributed by atoms with E-state index >= 15 is 0 Å². The first kappa shape index (κ1) is 18.9. The highest BCUT2D eigenvalue weighted by molar-refractivity contribution is 5.73. The number of hydrogen-bond donors (Lipinski definition) is 1. The Morgan fingerprint density at radius 2 is 1.90 bits per heavy atom. The molecule has 5 rings (SSSR count). The van der Waals surface area contributed by atoms with Gasteiger partial charge in [0, 0.05) is 42.6 Å². The highest BCUT2D eigenvalue weighted by Crippen LogP contribution is 2.42. The van der Waals surface area contributed by atoms with Crippen molar-refractivity contribution in [2.75, 3.05) is 30.3 Å². The summed E-state index contributed by atoms with van der Waals surface area (Å²) in [5.41, 5.74) is 11.0. The molecule has 30 heavy (non-hydrogen) atoms. The molecule has 0 saturated carbocycles. The number of nitrogen functional groups attached to an aromatic ring is 1. The van der Waals surface area contributed by atoms with Gasteiger partial charge in [-0.25, -0.2) is 4.39 Å². The fourth-order valence-corrected chi connectivity index (χ4v) is 4.62. The lowest BCUT2D eigenvalue weighted by molar-refractivity contribution is 0.310. The van der Waals surface area contributed by atoms with Crippen LogP contribution in [0.2, 0.25) is 0 Å². The van der Waals surface area contributed by atoms with Crippen LogP contribution in [0.5, 0.6) is 5.75 Å². The highest BCUT2D eigenvalue weighted by atomic mass is 19.1. The van der Waals surface area contributed by atoms with Crippen molar-refractivity contribution in [1.29, 1.82) is 0 Å². The molecule has 0 aromatic heterocycles. The molecule has 2 aliphatic heterocycles. The lowest BCUT2D eigenvalue weighted by atomic mass is 10.1. The van der Waals surface area contributed by atoms with Crippen molar-refractivity contribution in [2.24, 2.45) is 0 Å². The van der Waals surface area contributed by atoms with E-state index in [9.17, 15) is 4.39 Å². The molecule has 0 radical (unpaired) electrons. The lowest BCUT2D eigenvalue weighted by Crippen LogP contribution is -2.35. The number of rotatable bonds is 4. The average molecular weight is 404 g/mol. The van der Waals surface area contributed by atoms with Crippen LogP contribution in [0.3, 0.4) is 0 Å². The number of nitrogens with zero attached hydrogens (tertiary/aromatic N) is 2. The van der Waals surface area contributed by atoms with Gasteiger partial charge in [0.1, 0.15) is 18.2 Å². The Morgan fingerprint density at radius 1 is 1.00 bits per heavy atom. The molecule has 1 unspecified atom stereocenters. The lowest BCUT2D eigenvalue weighted by Gasteiger charge is -2.32. The number of anilines is 3. The molecule has 0 amide bonds. The molecule has 2 heterocycles. The van der Waals surface area contributed by atoms with Gasteiger partial charge in [-0.1, -0.05) is 24.3 Å². The van der Waals surface area contributed by atoms with E-state index < -0.39 is 0 Å². The summed E-state index contributed by atoms with van der Waals surface area (Å²) < 4.78 is 20.0. The standard InChI is InChI=1S/C25H26FN3O/c26-20-8-9-23-19(15-20)17-30-25-7-2-1-6-24(25)29(23)22-11-13-28(16-22)12-10-18-4-3-5-21(27)14-18/h1-9,14-15,22H,10-13,16-17,27H2. The van der Waals surface area contributed by atoms with Gasteiger partial charge in [0.2, 0.25) is 0 Å². The predicted octanol–water partition coefficient (Wildman–Crippen LogP) is 4.76. The molecule has 5 heteroatoms. The molecule has 154 valence electrons. The maximum atomic E-state index is 13.9. The van der Waals surface area contributed by atoms with Crippen LogP contribution in [-0.4, -0.2) is 30.6 Å². The first-order valence-electron chi connectivity index (χ1n) is 10.5. The van der Waals surface area contributed by atoms with E-state index in [0.717, 1.165) is 60.9 Å². The molecule has 4 nitrogen and oxygen atoms in total. The fourth-order valence-electron chi connectivity index (χ4n) is 4.62. The first-order valence-corrected chi connectivity index (χ1v) is 10.5. The average Bonchev–Trinajstić information content (AvgIpc) is 3.15. The first-order chi connectivity index (χ1) is 14.7. The summed E-state index contributed by atoms with van der Waals surface area (Å²) in [5.74, 6) is 0.630. The van der Waals surface area contributed by atoms with E-state index in [1.165, 1.54) is 5.56 Å². The second-order valence-electron chi connectivity index (χ2n) is 8.14.